The normalized spacial score (nSPS) is 24.2. The van der Waals surface area contributed by atoms with Crippen LogP contribution in [0.25, 0.3) is 0 Å². The minimum Gasteiger partial charge on any atom is -0.341 e. The first-order valence-corrected chi connectivity index (χ1v) is 8.35. The zero-order valence-corrected chi connectivity index (χ0v) is 13.5. The summed E-state index contributed by atoms with van der Waals surface area (Å²) in [6, 6.07) is 0. The van der Waals surface area contributed by atoms with Crippen LogP contribution >= 0.6 is 0 Å². The Kier molecular flexibility index (Phi) is 5.44. The van der Waals surface area contributed by atoms with Crippen LogP contribution < -0.4 is 0 Å². The average molecular weight is 281 g/mol. The Morgan fingerprint density at radius 2 is 1.55 bits per heavy atom. The molecule has 4 heteroatoms. The molecular weight excluding hydrogens is 250 g/mol. The number of carbonyl (C=O) groups is 1. The number of hydrogen-bond acceptors (Lipinski definition) is 3. The molecule has 2 saturated heterocycles. The van der Waals surface area contributed by atoms with Gasteiger partial charge < -0.3 is 9.80 Å². The summed E-state index contributed by atoms with van der Waals surface area (Å²) in [5.41, 5.74) is 0.399. The highest BCUT2D eigenvalue weighted by Crippen LogP contribution is 2.36. The van der Waals surface area contributed by atoms with E-state index in [1.165, 1.54) is 19.3 Å². The summed E-state index contributed by atoms with van der Waals surface area (Å²) in [4.78, 5) is 19.3. The Morgan fingerprint density at radius 1 is 0.950 bits per heavy atom. The molecule has 0 unspecified atom stereocenters. The molecule has 1 amide bonds. The SMILES string of the molecule is CCN1CCN(CC(=O)N2CCC(CC)(CC)C2)CC1. The number of likely N-dealkylation sites (N-methyl/N-ethyl adjacent to an activating group) is 1. The first kappa shape index (κ1) is 15.8. The van der Waals surface area contributed by atoms with Crippen molar-refractivity contribution in [1.29, 1.82) is 0 Å². The van der Waals surface area contributed by atoms with Gasteiger partial charge in [-0.25, -0.2) is 0 Å². The number of carbonyl (C=O) groups excluding carboxylic acids is 1. The molecule has 4 nitrogen and oxygen atoms in total. The van der Waals surface area contributed by atoms with Gasteiger partial charge in [-0.2, -0.15) is 0 Å². The van der Waals surface area contributed by atoms with Crippen LogP contribution in [-0.4, -0.2) is 73.0 Å². The molecule has 0 saturated carbocycles. The van der Waals surface area contributed by atoms with Crippen molar-refractivity contribution in [2.75, 3.05) is 52.4 Å². The summed E-state index contributed by atoms with van der Waals surface area (Å²) < 4.78 is 0. The fourth-order valence-corrected chi connectivity index (χ4v) is 3.53. The van der Waals surface area contributed by atoms with Crippen LogP contribution in [0.15, 0.2) is 0 Å². The second-order valence-electron chi connectivity index (χ2n) is 6.48. The third-order valence-corrected chi connectivity index (χ3v) is 5.56. The van der Waals surface area contributed by atoms with Crippen molar-refractivity contribution in [3.05, 3.63) is 0 Å². The van der Waals surface area contributed by atoms with Crippen molar-refractivity contribution >= 4 is 5.91 Å². The van der Waals surface area contributed by atoms with Crippen molar-refractivity contribution < 1.29 is 4.79 Å². The highest BCUT2D eigenvalue weighted by atomic mass is 16.2. The van der Waals surface area contributed by atoms with Crippen molar-refractivity contribution in [2.24, 2.45) is 5.41 Å². The molecule has 0 aromatic heterocycles. The molecule has 2 aliphatic rings. The number of hydrogen-bond donors (Lipinski definition) is 0. The molecule has 0 aromatic rings. The van der Waals surface area contributed by atoms with Crippen LogP contribution in [0.1, 0.15) is 40.0 Å². The van der Waals surface area contributed by atoms with E-state index in [2.05, 4.69) is 35.5 Å². The van der Waals surface area contributed by atoms with Gasteiger partial charge in [0.1, 0.15) is 0 Å². The second-order valence-corrected chi connectivity index (χ2v) is 6.48. The summed E-state index contributed by atoms with van der Waals surface area (Å²) in [5.74, 6) is 0.346. The van der Waals surface area contributed by atoms with Gasteiger partial charge in [0, 0.05) is 39.3 Å². The van der Waals surface area contributed by atoms with E-state index in [-0.39, 0.29) is 0 Å². The van der Waals surface area contributed by atoms with E-state index < -0.39 is 0 Å². The van der Waals surface area contributed by atoms with E-state index in [1.807, 2.05) is 0 Å². The molecular formula is C16H31N3O. The lowest BCUT2D eigenvalue weighted by Gasteiger charge is -2.34. The van der Waals surface area contributed by atoms with Crippen molar-refractivity contribution in [1.82, 2.24) is 14.7 Å². The van der Waals surface area contributed by atoms with Crippen LogP contribution in [0.3, 0.4) is 0 Å². The summed E-state index contributed by atoms with van der Waals surface area (Å²) in [7, 11) is 0. The molecule has 0 radical (unpaired) electrons. The van der Waals surface area contributed by atoms with Crippen molar-refractivity contribution in [3.8, 4) is 0 Å². The van der Waals surface area contributed by atoms with Crippen LogP contribution in [-0.2, 0) is 4.79 Å². The molecule has 2 aliphatic heterocycles. The highest BCUT2D eigenvalue weighted by Gasteiger charge is 2.37. The summed E-state index contributed by atoms with van der Waals surface area (Å²) >= 11 is 0. The largest absolute Gasteiger partial charge is 0.341 e. The fraction of sp³-hybridized carbons (Fsp3) is 0.938. The van der Waals surface area contributed by atoms with Crippen molar-refractivity contribution in [3.63, 3.8) is 0 Å². The predicted octanol–water partition coefficient (Wildman–Crippen LogP) is 1.66. The minimum atomic E-state index is 0.346. The fourth-order valence-electron chi connectivity index (χ4n) is 3.53. The Morgan fingerprint density at radius 3 is 2.05 bits per heavy atom. The number of piperazine rings is 1. The van der Waals surface area contributed by atoms with Crippen molar-refractivity contribution in [2.45, 2.75) is 40.0 Å². The van der Waals surface area contributed by atoms with E-state index in [9.17, 15) is 4.79 Å². The Labute approximate surface area is 124 Å². The van der Waals surface area contributed by atoms with Crippen LogP contribution in [0, 0.1) is 5.41 Å². The van der Waals surface area contributed by atoms with Gasteiger partial charge in [0.05, 0.1) is 6.54 Å². The number of nitrogens with zero attached hydrogens (tertiary/aromatic N) is 3. The monoisotopic (exact) mass is 281 g/mol. The third kappa shape index (κ3) is 3.53. The Hall–Kier alpha value is -0.610. The molecule has 2 heterocycles. The van der Waals surface area contributed by atoms with Gasteiger partial charge in [-0.15, -0.1) is 0 Å². The lowest BCUT2D eigenvalue weighted by molar-refractivity contribution is -0.132. The van der Waals surface area contributed by atoms with E-state index >= 15 is 0 Å². The molecule has 2 rings (SSSR count). The minimum absolute atomic E-state index is 0.346. The van der Waals surface area contributed by atoms with Gasteiger partial charge >= 0.3 is 0 Å². The van der Waals surface area contributed by atoms with E-state index in [0.717, 1.165) is 45.8 Å². The molecule has 0 atom stereocenters. The quantitative estimate of drug-likeness (QED) is 0.767. The van der Waals surface area contributed by atoms with Crippen LogP contribution in [0.5, 0.6) is 0 Å². The summed E-state index contributed by atoms with van der Waals surface area (Å²) in [6.07, 6.45) is 3.58. The number of rotatable bonds is 5. The maximum atomic E-state index is 12.5. The maximum Gasteiger partial charge on any atom is 0.236 e. The summed E-state index contributed by atoms with van der Waals surface area (Å²) in [6.45, 7) is 14.7. The topological polar surface area (TPSA) is 26.8 Å². The lowest BCUT2D eigenvalue weighted by Crippen LogP contribution is -2.49. The predicted molar refractivity (Wildman–Crippen MR) is 82.8 cm³/mol. The first-order valence-electron chi connectivity index (χ1n) is 8.35. The van der Waals surface area contributed by atoms with Crippen LogP contribution in [0.2, 0.25) is 0 Å². The summed E-state index contributed by atoms with van der Waals surface area (Å²) in [5, 5.41) is 0. The third-order valence-electron chi connectivity index (χ3n) is 5.56. The molecule has 0 bridgehead atoms. The van der Waals surface area contributed by atoms with E-state index in [1.54, 1.807) is 0 Å². The van der Waals surface area contributed by atoms with Gasteiger partial charge in [0.15, 0.2) is 0 Å². The zero-order valence-electron chi connectivity index (χ0n) is 13.5. The van der Waals surface area contributed by atoms with Gasteiger partial charge in [0.2, 0.25) is 5.91 Å². The second kappa shape index (κ2) is 6.90. The highest BCUT2D eigenvalue weighted by molar-refractivity contribution is 5.78. The van der Waals surface area contributed by atoms with Gasteiger partial charge in [-0.1, -0.05) is 20.8 Å². The number of amides is 1. The molecule has 2 fully saturated rings. The van der Waals surface area contributed by atoms with E-state index in [4.69, 9.17) is 0 Å². The Balaban J connectivity index is 1.79. The smallest absolute Gasteiger partial charge is 0.236 e. The lowest BCUT2D eigenvalue weighted by atomic mass is 9.82. The average Bonchev–Trinajstić information content (AvgIpc) is 2.93. The standard InChI is InChI=1S/C16H31N3O/c1-4-16(5-2)7-8-19(14-16)15(20)13-18-11-9-17(6-3)10-12-18/h4-14H2,1-3H3. The van der Waals surface area contributed by atoms with Crippen LogP contribution in [0.4, 0.5) is 0 Å². The maximum absolute atomic E-state index is 12.5. The van der Waals surface area contributed by atoms with Gasteiger partial charge in [-0.3, -0.25) is 9.69 Å². The van der Waals surface area contributed by atoms with Gasteiger partial charge in [-0.05, 0) is 31.2 Å². The molecule has 0 aromatic carbocycles. The zero-order chi connectivity index (χ0) is 14.6. The number of likely N-dealkylation sites (tertiary alicyclic amines) is 1. The molecule has 20 heavy (non-hydrogen) atoms. The van der Waals surface area contributed by atoms with Gasteiger partial charge in [0.25, 0.3) is 0 Å². The molecule has 0 N–H and O–H groups in total. The van der Waals surface area contributed by atoms with E-state index in [0.29, 0.717) is 17.9 Å². The first-order chi connectivity index (χ1) is 9.62. The molecule has 0 aliphatic carbocycles. The molecule has 116 valence electrons. The molecule has 0 spiro atoms. The Bertz CT molecular complexity index is 320.